The molecular formula is C20H24Cl2N2OS. The van der Waals surface area contributed by atoms with Gasteiger partial charge in [0.2, 0.25) is 0 Å². The zero-order chi connectivity index (χ0) is 18.5. The van der Waals surface area contributed by atoms with Crippen molar-refractivity contribution in [3.05, 3.63) is 38.1 Å². The molecule has 1 amide bonds. The number of aromatic nitrogens is 1. The maximum absolute atomic E-state index is 12.6. The van der Waals surface area contributed by atoms with Crippen LogP contribution < -0.4 is 5.32 Å². The highest BCUT2D eigenvalue weighted by Crippen LogP contribution is 2.35. The summed E-state index contributed by atoms with van der Waals surface area (Å²) < 4.78 is 0. The number of rotatable bonds is 7. The van der Waals surface area contributed by atoms with E-state index in [9.17, 15) is 4.79 Å². The van der Waals surface area contributed by atoms with Crippen molar-refractivity contribution in [3.8, 4) is 11.3 Å². The molecule has 3 rings (SSSR count). The number of carbonyl (C=O) groups is 1. The van der Waals surface area contributed by atoms with Gasteiger partial charge in [-0.2, -0.15) is 0 Å². The minimum Gasteiger partial charge on any atom is -0.347 e. The summed E-state index contributed by atoms with van der Waals surface area (Å²) in [6.07, 6.45) is 8.83. The van der Waals surface area contributed by atoms with Crippen LogP contribution in [-0.4, -0.2) is 16.9 Å². The maximum atomic E-state index is 12.6. The molecule has 140 valence electrons. The highest BCUT2D eigenvalue weighted by Gasteiger charge is 2.23. The van der Waals surface area contributed by atoms with Gasteiger partial charge in [0, 0.05) is 21.5 Å². The second kappa shape index (κ2) is 9.20. The topological polar surface area (TPSA) is 42.0 Å². The summed E-state index contributed by atoms with van der Waals surface area (Å²) in [6.45, 7) is 2.18. The lowest BCUT2D eigenvalue weighted by molar-refractivity contribution is 0.0937. The number of nitrogens with one attached hydrogen (secondary N) is 1. The summed E-state index contributed by atoms with van der Waals surface area (Å²) in [5, 5.41) is 4.83. The Morgan fingerprint density at radius 2 is 2.04 bits per heavy atom. The molecule has 26 heavy (non-hydrogen) atoms. The normalized spacial score (nSPS) is 14.7. The third kappa shape index (κ3) is 4.79. The Hall–Kier alpha value is -1.10. The molecule has 0 bridgehead atoms. The van der Waals surface area contributed by atoms with Crippen molar-refractivity contribution in [2.45, 2.75) is 64.3 Å². The Bertz CT molecular complexity index is 769. The van der Waals surface area contributed by atoms with Gasteiger partial charge in [0.15, 0.2) is 5.01 Å². The quantitative estimate of drug-likeness (QED) is 0.527. The molecule has 1 aromatic carbocycles. The lowest BCUT2D eigenvalue weighted by atomic mass is 10.1. The average Bonchev–Trinajstić information content (AvgIpc) is 3.25. The summed E-state index contributed by atoms with van der Waals surface area (Å²) in [5.41, 5.74) is 1.67. The van der Waals surface area contributed by atoms with E-state index in [-0.39, 0.29) is 11.9 Å². The second-order valence-electron chi connectivity index (χ2n) is 6.83. The van der Waals surface area contributed by atoms with E-state index in [1.165, 1.54) is 24.2 Å². The van der Waals surface area contributed by atoms with Crippen LogP contribution in [0.3, 0.4) is 0 Å². The van der Waals surface area contributed by atoms with Crippen molar-refractivity contribution in [1.82, 2.24) is 10.3 Å². The average molecular weight is 411 g/mol. The Morgan fingerprint density at radius 3 is 2.73 bits per heavy atom. The minimum atomic E-state index is -0.0602. The number of halogens is 2. The van der Waals surface area contributed by atoms with Crippen LogP contribution in [0.4, 0.5) is 0 Å². The van der Waals surface area contributed by atoms with Gasteiger partial charge < -0.3 is 5.32 Å². The Kier molecular flexibility index (Phi) is 6.96. The fraction of sp³-hybridized carbons (Fsp3) is 0.500. The Balaban J connectivity index is 1.87. The van der Waals surface area contributed by atoms with E-state index < -0.39 is 0 Å². The summed E-state index contributed by atoms with van der Waals surface area (Å²) in [7, 11) is 0. The van der Waals surface area contributed by atoms with Crippen LogP contribution in [-0.2, 0) is 6.42 Å². The number of unbranched alkanes of at least 4 members (excludes halogenated alkanes) is 2. The zero-order valence-corrected chi connectivity index (χ0v) is 17.3. The summed E-state index contributed by atoms with van der Waals surface area (Å²) in [5.74, 6) is -0.0602. The molecule has 6 heteroatoms. The van der Waals surface area contributed by atoms with Crippen LogP contribution in [0.15, 0.2) is 18.2 Å². The van der Waals surface area contributed by atoms with E-state index >= 15 is 0 Å². The number of benzene rings is 1. The molecule has 1 saturated carbocycles. The standard InChI is InChI=1S/C20H24Cl2N2OS/c1-2-3-4-9-17-18(15-11-10-13(21)12-16(15)22)24-20(26-17)19(25)23-14-7-5-6-8-14/h10-12,14H,2-9H2,1H3,(H,23,25). The van der Waals surface area contributed by atoms with Gasteiger partial charge in [0.25, 0.3) is 5.91 Å². The minimum absolute atomic E-state index is 0.0602. The number of carbonyl (C=O) groups excluding carboxylic acids is 1. The van der Waals surface area contributed by atoms with Crippen molar-refractivity contribution in [1.29, 1.82) is 0 Å². The summed E-state index contributed by atoms with van der Waals surface area (Å²) in [6, 6.07) is 5.72. The van der Waals surface area contributed by atoms with Crippen LogP contribution in [0.5, 0.6) is 0 Å². The van der Waals surface area contributed by atoms with E-state index in [0.29, 0.717) is 15.1 Å². The predicted molar refractivity (Wildman–Crippen MR) is 111 cm³/mol. The van der Waals surface area contributed by atoms with E-state index in [1.807, 2.05) is 12.1 Å². The van der Waals surface area contributed by atoms with Gasteiger partial charge in [-0.1, -0.05) is 55.8 Å². The van der Waals surface area contributed by atoms with Crippen LogP contribution >= 0.6 is 34.5 Å². The van der Waals surface area contributed by atoms with Crippen molar-refractivity contribution < 1.29 is 4.79 Å². The first kappa shape index (κ1) is 19.7. The molecule has 3 nitrogen and oxygen atoms in total. The van der Waals surface area contributed by atoms with E-state index in [2.05, 4.69) is 17.2 Å². The second-order valence-corrected chi connectivity index (χ2v) is 8.75. The van der Waals surface area contributed by atoms with Crippen LogP contribution in [0.2, 0.25) is 10.0 Å². The molecule has 0 aliphatic heterocycles. The van der Waals surface area contributed by atoms with E-state index in [0.717, 1.165) is 54.7 Å². The smallest absolute Gasteiger partial charge is 0.280 e. The number of thiazole rings is 1. The van der Waals surface area contributed by atoms with Gasteiger partial charge in [-0.3, -0.25) is 4.79 Å². The monoisotopic (exact) mass is 410 g/mol. The van der Waals surface area contributed by atoms with Crippen molar-refractivity contribution in [2.24, 2.45) is 0 Å². The molecule has 1 aromatic heterocycles. The molecule has 1 N–H and O–H groups in total. The summed E-state index contributed by atoms with van der Waals surface area (Å²) in [4.78, 5) is 18.4. The molecule has 2 aromatic rings. The molecule has 0 spiro atoms. The maximum Gasteiger partial charge on any atom is 0.280 e. The third-order valence-electron chi connectivity index (χ3n) is 4.78. The Morgan fingerprint density at radius 1 is 1.27 bits per heavy atom. The number of aryl methyl sites for hydroxylation is 1. The van der Waals surface area contributed by atoms with Gasteiger partial charge >= 0.3 is 0 Å². The predicted octanol–water partition coefficient (Wildman–Crippen LogP) is 6.52. The molecule has 1 heterocycles. The van der Waals surface area contributed by atoms with Gasteiger partial charge in [-0.15, -0.1) is 11.3 Å². The number of amides is 1. The largest absolute Gasteiger partial charge is 0.347 e. The molecule has 0 atom stereocenters. The molecule has 1 aliphatic rings. The first-order valence-corrected chi connectivity index (χ1v) is 10.9. The molecule has 0 unspecified atom stereocenters. The van der Waals surface area contributed by atoms with Gasteiger partial charge in [-0.05, 0) is 43.9 Å². The van der Waals surface area contributed by atoms with Crippen LogP contribution in [0.1, 0.15) is 66.5 Å². The van der Waals surface area contributed by atoms with Crippen molar-refractivity contribution in [3.63, 3.8) is 0 Å². The van der Waals surface area contributed by atoms with Crippen LogP contribution in [0.25, 0.3) is 11.3 Å². The lowest BCUT2D eigenvalue weighted by Gasteiger charge is -2.09. The Labute approximate surface area is 169 Å². The van der Waals surface area contributed by atoms with Crippen LogP contribution in [0, 0.1) is 0 Å². The van der Waals surface area contributed by atoms with E-state index in [4.69, 9.17) is 23.2 Å². The number of hydrogen-bond donors (Lipinski definition) is 1. The highest BCUT2D eigenvalue weighted by molar-refractivity contribution is 7.14. The first-order valence-electron chi connectivity index (χ1n) is 9.34. The van der Waals surface area contributed by atoms with Gasteiger partial charge in [0.05, 0.1) is 10.7 Å². The fourth-order valence-corrected chi connectivity index (χ4v) is 4.88. The molecule has 0 radical (unpaired) electrons. The molecule has 0 saturated heterocycles. The molecule has 1 aliphatic carbocycles. The SMILES string of the molecule is CCCCCc1sc(C(=O)NC2CCCC2)nc1-c1ccc(Cl)cc1Cl. The van der Waals surface area contributed by atoms with Crippen molar-refractivity contribution in [2.75, 3.05) is 0 Å². The fourth-order valence-electron chi connectivity index (χ4n) is 3.36. The zero-order valence-electron chi connectivity index (χ0n) is 15.0. The molecule has 1 fully saturated rings. The van der Waals surface area contributed by atoms with Gasteiger partial charge in [0.1, 0.15) is 0 Å². The number of hydrogen-bond acceptors (Lipinski definition) is 3. The van der Waals surface area contributed by atoms with Crippen molar-refractivity contribution >= 4 is 40.4 Å². The highest BCUT2D eigenvalue weighted by atomic mass is 35.5. The number of nitrogens with zero attached hydrogens (tertiary/aromatic N) is 1. The lowest BCUT2D eigenvalue weighted by Crippen LogP contribution is -2.32. The first-order chi connectivity index (χ1) is 12.6. The third-order valence-corrected chi connectivity index (χ3v) is 6.44. The van der Waals surface area contributed by atoms with Gasteiger partial charge in [-0.25, -0.2) is 4.98 Å². The van der Waals surface area contributed by atoms with E-state index in [1.54, 1.807) is 6.07 Å². The summed E-state index contributed by atoms with van der Waals surface area (Å²) >= 11 is 13.9. The molecular weight excluding hydrogens is 387 g/mol.